The molecule has 3 rings (SSSR count). The van der Waals surface area contributed by atoms with Crippen LogP contribution >= 0.6 is 0 Å². The van der Waals surface area contributed by atoms with Crippen LogP contribution in [-0.4, -0.2) is 24.0 Å². The SMILES string of the molecule is Cc1cccc(CN2CC(N)CC(CC3CC3)C2)c1. The van der Waals surface area contributed by atoms with Crippen LogP contribution < -0.4 is 5.73 Å². The Morgan fingerprint density at radius 2 is 2.05 bits per heavy atom. The van der Waals surface area contributed by atoms with E-state index in [9.17, 15) is 0 Å². The van der Waals surface area contributed by atoms with Gasteiger partial charge < -0.3 is 5.73 Å². The fraction of sp³-hybridized carbons (Fsp3) is 0.647. The molecule has 2 unspecified atom stereocenters. The number of rotatable bonds is 4. The van der Waals surface area contributed by atoms with Gasteiger partial charge in [0.2, 0.25) is 0 Å². The van der Waals surface area contributed by atoms with Gasteiger partial charge in [0.15, 0.2) is 0 Å². The van der Waals surface area contributed by atoms with E-state index >= 15 is 0 Å². The summed E-state index contributed by atoms with van der Waals surface area (Å²) in [6.45, 7) is 5.55. The van der Waals surface area contributed by atoms with Crippen LogP contribution in [0.25, 0.3) is 0 Å². The highest BCUT2D eigenvalue weighted by molar-refractivity contribution is 5.22. The van der Waals surface area contributed by atoms with Crippen molar-refractivity contribution in [3.8, 4) is 0 Å². The van der Waals surface area contributed by atoms with Crippen LogP contribution in [0.4, 0.5) is 0 Å². The predicted octanol–water partition coefficient (Wildman–Crippen LogP) is 2.94. The quantitative estimate of drug-likeness (QED) is 0.899. The van der Waals surface area contributed by atoms with Crippen LogP contribution in [0.15, 0.2) is 24.3 Å². The number of benzene rings is 1. The average molecular weight is 258 g/mol. The number of nitrogens with two attached hydrogens (primary N) is 1. The van der Waals surface area contributed by atoms with Crippen molar-refractivity contribution in [3.05, 3.63) is 35.4 Å². The van der Waals surface area contributed by atoms with Crippen molar-refractivity contribution >= 4 is 0 Å². The second-order valence-corrected chi connectivity index (χ2v) is 6.72. The van der Waals surface area contributed by atoms with E-state index in [0.717, 1.165) is 24.9 Å². The van der Waals surface area contributed by atoms with Gasteiger partial charge in [0.05, 0.1) is 0 Å². The summed E-state index contributed by atoms with van der Waals surface area (Å²) in [6, 6.07) is 9.25. The van der Waals surface area contributed by atoms with E-state index in [4.69, 9.17) is 5.73 Å². The summed E-state index contributed by atoms with van der Waals surface area (Å²) in [6.07, 6.45) is 5.58. The number of likely N-dealkylation sites (tertiary alicyclic amines) is 1. The molecule has 104 valence electrons. The maximum absolute atomic E-state index is 6.25. The highest BCUT2D eigenvalue weighted by Gasteiger charge is 2.30. The Morgan fingerprint density at radius 1 is 1.21 bits per heavy atom. The monoisotopic (exact) mass is 258 g/mol. The fourth-order valence-electron chi connectivity index (χ4n) is 3.54. The van der Waals surface area contributed by atoms with Crippen LogP contribution in [0.5, 0.6) is 0 Å². The first-order valence-electron chi connectivity index (χ1n) is 7.72. The fourth-order valence-corrected chi connectivity index (χ4v) is 3.54. The minimum atomic E-state index is 0.377. The first-order chi connectivity index (χ1) is 9.19. The van der Waals surface area contributed by atoms with Crippen LogP contribution in [0.1, 0.15) is 36.8 Å². The molecule has 1 aliphatic carbocycles. The van der Waals surface area contributed by atoms with Crippen LogP contribution in [-0.2, 0) is 6.54 Å². The second kappa shape index (κ2) is 5.64. The maximum atomic E-state index is 6.25. The van der Waals surface area contributed by atoms with E-state index in [1.807, 2.05) is 0 Å². The Kier molecular flexibility index (Phi) is 3.90. The topological polar surface area (TPSA) is 29.3 Å². The normalized spacial score (nSPS) is 28.5. The number of aryl methyl sites for hydroxylation is 1. The van der Waals surface area contributed by atoms with Crippen LogP contribution in [0.3, 0.4) is 0 Å². The Hall–Kier alpha value is -0.860. The molecule has 2 atom stereocenters. The molecule has 1 aromatic carbocycles. The van der Waals surface area contributed by atoms with Crippen molar-refractivity contribution in [1.82, 2.24) is 4.90 Å². The summed E-state index contributed by atoms with van der Waals surface area (Å²) >= 11 is 0. The van der Waals surface area contributed by atoms with Gasteiger partial charge in [0.1, 0.15) is 0 Å². The van der Waals surface area contributed by atoms with Crippen molar-refractivity contribution in [1.29, 1.82) is 0 Å². The number of piperidine rings is 1. The molecule has 0 radical (unpaired) electrons. The Balaban J connectivity index is 1.59. The predicted molar refractivity (Wildman–Crippen MR) is 79.9 cm³/mol. The molecule has 0 amide bonds. The number of nitrogens with zero attached hydrogens (tertiary/aromatic N) is 1. The second-order valence-electron chi connectivity index (χ2n) is 6.72. The zero-order valence-electron chi connectivity index (χ0n) is 12.0. The molecular formula is C17H26N2. The molecule has 2 nitrogen and oxygen atoms in total. The van der Waals surface area contributed by atoms with E-state index in [2.05, 4.69) is 36.1 Å². The lowest BCUT2D eigenvalue weighted by Crippen LogP contribution is -2.46. The van der Waals surface area contributed by atoms with Gasteiger partial charge in [-0.3, -0.25) is 4.90 Å². The molecule has 0 aromatic heterocycles. The summed E-state index contributed by atoms with van der Waals surface area (Å²) in [5, 5.41) is 0. The van der Waals surface area contributed by atoms with Crippen LogP contribution in [0.2, 0.25) is 0 Å². The maximum Gasteiger partial charge on any atom is 0.0234 e. The van der Waals surface area contributed by atoms with Crippen molar-refractivity contribution in [2.75, 3.05) is 13.1 Å². The van der Waals surface area contributed by atoms with Gasteiger partial charge in [0, 0.05) is 25.7 Å². The molecule has 2 heteroatoms. The van der Waals surface area contributed by atoms with Gasteiger partial charge in [-0.05, 0) is 37.2 Å². The van der Waals surface area contributed by atoms with E-state index in [1.54, 1.807) is 0 Å². The summed E-state index contributed by atoms with van der Waals surface area (Å²) < 4.78 is 0. The lowest BCUT2D eigenvalue weighted by molar-refractivity contribution is 0.141. The Labute approximate surface area is 117 Å². The smallest absolute Gasteiger partial charge is 0.0234 e. The summed E-state index contributed by atoms with van der Waals surface area (Å²) in [5.74, 6) is 1.86. The number of hydrogen-bond acceptors (Lipinski definition) is 2. The van der Waals surface area contributed by atoms with Gasteiger partial charge in [-0.1, -0.05) is 42.7 Å². The third-order valence-electron chi connectivity index (χ3n) is 4.50. The third kappa shape index (κ3) is 3.80. The van der Waals surface area contributed by atoms with Gasteiger partial charge in [0.25, 0.3) is 0 Å². The molecule has 1 saturated heterocycles. The molecule has 2 N–H and O–H groups in total. The molecule has 1 aromatic rings. The first kappa shape index (κ1) is 13.1. The largest absolute Gasteiger partial charge is 0.327 e. The zero-order chi connectivity index (χ0) is 13.2. The van der Waals surface area contributed by atoms with E-state index in [1.165, 1.54) is 43.4 Å². The number of hydrogen-bond donors (Lipinski definition) is 1. The van der Waals surface area contributed by atoms with E-state index in [-0.39, 0.29) is 0 Å². The van der Waals surface area contributed by atoms with Crippen molar-refractivity contribution in [2.24, 2.45) is 17.6 Å². The zero-order valence-corrected chi connectivity index (χ0v) is 12.0. The summed E-state index contributed by atoms with van der Waals surface area (Å²) in [5.41, 5.74) is 9.04. The van der Waals surface area contributed by atoms with Gasteiger partial charge in [-0.15, -0.1) is 0 Å². The highest BCUT2D eigenvalue weighted by atomic mass is 15.1. The van der Waals surface area contributed by atoms with Gasteiger partial charge in [-0.25, -0.2) is 0 Å². The van der Waals surface area contributed by atoms with Gasteiger partial charge >= 0.3 is 0 Å². The molecular weight excluding hydrogens is 232 g/mol. The summed E-state index contributed by atoms with van der Waals surface area (Å²) in [7, 11) is 0. The molecule has 1 aliphatic heterocycles. The third-order valence-corrected chi connectivity index (χ3v) is 4.50. The lowest BCUT2D eigenvalue weighted by atomic mass is 9.90. The molecule has 1 saturated carbocycles. The first-order valence-corrected chi connectivity index (χ1v) is 7.72. The van der Waals surface area contributed by atoms with E-state index < -0.39 is 0 Å². The Bertz CT molecular complexity index is 423. The highest BCUT2D eigenvalue weighted by Crippen LogP contribution is 2.37. The van der Waals surface area contributed by atoms with Gasteiger partial charge in [-0.2, -0.15) is 0 Å². The van der Waals surface area contributed by atoms with Crippen molar-refractivity contribution < 1.29 is 0 Å². The average Bonchev–Trinajstić information content (AvgIpc) is 3.12. The van der Waals surface area contributed by atoms with Crippen molar-refractivity contribution in [3.63, 3.8) is 0 Å². The standard InChI is InChI=1S/C17H26N2/c1-13-3-2-4-15(7-13)10-19-11-16(8-14-5-6-14)9-17(18)12-19/h2-4,7,14,16-17H,5-6,8-12,18H2,1H3. The molecule has 0 bridgehead atoms. The molecule has 2 fully saturated rings. The van der Waals surface area contributed by atoms with Crippen molar-refractivity contribution in [2.45, 2.75) is 45.2 Å². The molecule has 19 heavy (non-hydrogen) atoms. The minimum absolute atomic E-state index is 0.377. The summed E-state index contributed by atoms with van der Waals surface area (Å²) in [4.78, 5) is 2.57. The molecule has 1 heterocycles. The van der Waals surface area contributed by atoms with E-state index in [0.29, 0.717) is 6.04 Å². The van der Waals surface area contributed by atoms with Crippen LogP contribution in [0, 0.1) is 18.8 Å². The molecule has 0 spiro atoms. The molecule has 2 aliphatic rings. The lowest BCUT2D eigenvalue weighted by Gasteiger charge is -2.36. The Morgan fingerprint density at radius 3 is 2.79 bits per heavy atom. The minimum Gasteiger partial charge on any atom is -0.327 e.